The highest BCUT2D eigenvalue weighted by Gasteiger charge is 2.40. The van der Waals surface area contributed by atoms with Crippen LogP contribution in [0.4, 0.5) is 0 Å². The van der Waals surface area contributed by atoms with Crippen molar-refractivity contribution in [3.8, 4) is 0 Å². The molecule has 2 bridgehead atoms. The van der Waals surface area contributed by atoms with Crippen molar-refractivity contribution in [1.29, 1.82) is 0 Å². The van der Waals surface area contributed by atoms with Gasteiger partial charge in [-0.2, -0.15) is 5.10 Å². The summed E-state index contributed by atoms with van der Waals surface area (Å²) in [6.45, 7) is 0. The van der Waals surface area contributed by atoms with E-state index >= 15 is 0 Å². The molecule has 0 heterocycles. The molecule has 2 N–H and O–H groups in total. The third kappa shape index (κ3) is 2.97. The van der Waals surface area contributed by atoms with E-state index in [1.165, 1.54) is 6.42 Å². The summed E-state index contributed by atoms with van der Waals surface area (Å²) in [7, 11) is 0. The van der Waals surface area contributed by atoms with Crippen LogP contribution in [-0.4, -0.2) is 17.2 Å². The number of hydrogen-bond acceptors (Lipinski definition) is 3. The lowest BCUT2D eigenvalue weighted by atomic mass is 9.85. The van der Waals surface area contributed by atoms with Gasteiger partial charge < -0.3 is 5.11 Å². The van der Waals surface area contributed by atoms with Crippen molar-refractivity contribution < 1.29 is 9.90 Å². The second kappa shape index (κ2) is 6.89. The first-order valence-corrected chi connectivity index (χ1v) is 9.03. The number of rotatable bonds is 5. The van der Waals surface area contributed by atoms with Gasteiger partial charge in [0.1, 0.15) is 0 Å². The monoisotopic (exact) mass is 346 g/mol. The molecule has 2 aromatic carbocycles. The standard InChI is InChI=1S/C22H22N2O2/c25-21(24-23-15-18-14-16-11-12-17(18)13-16)22(26,19-7-3-1-4-8-19)20-9-5-2-6-10-20/h1-12,15-18,26H,13-14H2,(H,24,25)/b23-15-/t16-,17-,18+/m0/s1. The quantitative estimate of drug-likeness (QED) is 0.496. The Labute approximate surface area is 153 Å². The summed E-state index contributed by atoms with van der Waals surface area (Å²) in [6.07, 6.45) is 8.61. The third-order valence-corrected chi connectivity index (χ3v) is 5.47. The van der Waals surface area contributed by atoms with Crippen LogP contribution in [0, 0.1) is 17.8 Å². The van der Waals surface area contributed by atoms with E-state index in [0.717, 1.165) is 6.42 Å². The Balaban J connectivity index is 1.56. The van der Waals surface area contributed by atoms with Gasteiger partial charge in [0.15, 0.2) is 5.60 Å². The molecular weight excluding hydrogens is 324 g/mol. The highest BCUT2D eigenvalue weighted by Crippen LogP contribution is 2.42. The van der Waals surface area contributed by atoms with Crippen LogP contribution in [0.25, 0.3) is 0 Å². The highest BCUT2D eigenvalue weighted by atomic mass is 16.3. The van der Waals surface area contributed by atoms with E-state index in [1.807, 2.05) is 18.3 Å². The first kappa shape index (κ1) is 16.7. The van der Waals surface area contributed by atoms with Crippen molar-refractivity contribution in [2.75, 3.05) is 0 Å². The van der Waals surface area contributed by atoms with Gasteiger partial charge in [0, 0.05) is 12.1 Å². The minimum atomic E-state index is -1.78. The fourth-order valence-corrected chi connectivity index (χ4v) is 4.05. The first-order chi connectivity index (χ1) is 12.7. The van der Waals surface area contributed by atoms with Gasteiger partial charge >= 0.3 is 0 Å². The molecule has 0 aliphatic heterocycles. The lowest BCUT2D eigenvalue weighted by molar-refractivity contribution is -0.136. The van der Waals surface area contributed by atoms with Gasteiger partial charge in [0.2, 0.25) is 0 Å². The fraction of sp³-hybridized carbons (Fsp3) is 0.273. The van der Waals surface area contributed by atoms with Gasteiger partial charge in [0.25, 0.3) is 5.91 Å². The normalized spacial score (nSPS) is 24.3. The molecule has 4 heteroatoms. The Kier molecular flexibility index (Phi) is 4.43. The first-order valence-electron chi connectivity index (χ1n) is 9.03. The maximum Gasteiger partial charge on any atom is 0.281 e. The van der Waals surface area contributed by atoms with Crippen molar-refractivity contribution in [1.82, 2.24) is 5.43 Å². The van der Waals surface area contributed by atoms with Gasteiger partial charge in [0.05, 0.1) is 0 Å². The van der Waals surface area contributed by atoms with Crippen LogP contribution < -0.4 is 5.43 Å². The summed E-state index contributed by atoms with van der Waals surface area (Å²) in [5, 5.41) is 15.5. The molecule has 1 amide bonds. The summed E-state index contributed by atoms with van der Waals surface area (Å²) in [5.41, 5.74) is 1.81. The molecule has 4 nitrogen and oxygen atoms in total. The predicted molar refractivity (Wildman–Crippen MR) is 101 cm³/mol. The minimum absolute atomic E-state index is 0.367. The number of fused-ring (bicyclic) bond motifs is 2. The Morgan fingerprint density at radius 3 is 2.12 bits per heavy atom. The Morgan fingerprint density at radius 1 is 1.00 bits per heavy atom. The zero-order valence-electron chi connectivity index (χ0n) is 14.5. The molecule has 2 aliphatic carbocycles. The number of nitrogens with one attached hydrogen (secondary N) is 1. The highest BCUT2D eigenvalue weighted by molar-refractivity contribution is 5.90. The zero-order valence-corrected chi connectivity index (χ0v) is 14.5. The molecule has 0 radical (unpaired) electrons. The lowest BCUT2D eigenvalue weighted by Crippen LogP contribution is -2.43. The molecule has 1 saturated carbocycles. The minimum Gasteiger partial charge on any atom is -0.372 e. The number of nitrogens with zero attached hydrogens (tertiary/aromatic N) is 1. The van der Waals surface area contributed by atoms with E-state index in [0.29, 0.717) is 28.9 Å². The molecular formula is C22H22N2O2. The van der Waals surface area contributed by atoms with Crippen molar-refractivity contribution in [3.05, 3.63) is 83.9 Å². The van der Waals surface area contributed by atoms with Crippen LogP contribution in [0.2, 0.25) is 0 Å². The van der Waals surface area contributed by atoms with Crippen molar-refractivity contribution in [2.24, 2.45) is 22.9 Å². The maximum atomic E-state index is 12.9. The second-order valence-electron chi connectivity index (χ2n) is 7.11. The number of carbonyl (C=O) groups excluding carboxylic acids is 1. The molecule has 132 valence electrons. The van der Waals surface area contributed by atoms with Crippen LogP contribution >= 0.6 is 0 Å². The molecule has 0 aromatic heterocycles. The maximum absolute atomic E-state index is 12.9. The molecule has 2 aromatic rings. The molecule has 4 rings (SSSR count). The molecule has 26 heavy (non-hydrogen) atoms. The second-order valence-corrected chi connectivity index (χ2v) is 7.11. The Hall–Kier alpha value is -2.72. The van der Waals surface area contributed by atoms with E-state index in [4.69, 9.17) is 0 Å². The van der Waals surface area contributed by atoms with E-state index in [-0.39, 0.29) is 0 Å². The topological polar surface area (TPSA) is 61.7 Å². The van der Waals surface area contributed by atoms with Crippen LogP contribution in [0.1, 0.15) is 24.0 Å². The lowest BCUT2D eigenvalue weighted by Gasteiger charge is -2.27. The molecule has 0 unspecified atom stereocenters. The van der Waals surface area contributed by atoms with Crippen molar-refractivity contribution in [2.45, 2.75) is 18.4 Å². The van der Waals surface area contributed by atoms with E-state index in [1.54, 1.807) is 48.5 Å². The average Bonchev–Trinajstić information content (AvgIpc) is 3.32. The van der Waals surface area contributed by atoms with Crippen molar-refractivity contribution in [3.63, 3.8) is 0 Å². The van der Waals surface area contributed by atoms with Crippen LogP contribution in [-0.2, 0) is 10.4 Å². The number of amides is 1. The molecule has 0 spiro atoms. The van der Waals surface area contributed by atoms with Crippen molar-refractivity contribution >= 4 is 12.1 Å². The van der Waals surface area contributed by atoms with E-state index in [9.17, 15) is 9.90 Å². The number of hydrazone groups is 1. The summed E-state index contributed by atoms with van der Waals surface area (Å²) < 4.78 is 0. The predicted octanol–water partition coefficient (Wildman–Crippen LogP) is 3.24. The van der Waals surface area contributed by atoms with Gasteiger partial charge in [-0.1, -0.05) is 72.8 Å². The van der Waals surface area contributed by atoms with Crippen LogP contribution in [0.3, 0.4) is 0 Å². The largest absolute Gasteiger partial charge is 0.372 e. The summed E-state index contributed by atoms with van der Waals surface area (Å²) in [6, 6.07) is 17.9. The smallest absolute Gasteiger partial charge is 0.281 e. The molecule has 2 aliphatic rings. The van der Waals surface area contributed by atoms with Gasteiger partial charge in [-0.3, -0.25) is 4.79 Å². The summed E-state index contributed by atoms with van der Waals surface area (Å²) in [5.74, 6) is 0.997. The summed E-state index contributed by atoms with van der Waals surface area (Å²) >= 11 is 0. The van der Waals surface area contributed by atoms with Gasteiger partial charge in [-0.15, -0.1) is 0 Å². The SMILES string of the molecule is O=C(N/N=C\[C@H]1C[C@H]2C=C[C@H]1C2)C(O)(c1ccccc1)c1ccccc1. The number of allylic oxidation sites excluding steroid dienone is 2. The summed E-state index contributed by atoms with van der Waals surface area (Å²) in [4.78, 5) is 12.9. The van der Waals surface area contributed by atoms with Crippen LogP contribution in [0.15, 0.2) is 77.9 Å². The van der Waals surface area contributed by atoms with Gasteiger partial charge in [-0.25, -0.2) is 5.43 Å². The number of carbonyl (C=O) groups is 1. The van der Waals surface area contributed by atoms with Gasteiger partial charge in [-0.05, 0) is 35.8 Å². The average molecular weight is 346 g/mol. The number of aliphatic hydroxyl groups is 1. The third-order valence-electron chi connectivity index (χ3n) is 5.47. The Bertz CT molecular complexity index is 790. The van der Waals surface area contributed by atoms with Crippen LogP contribution in [0.5, 0.6) is 0 Å². The number of benzene rings is 2. The fourth-order valence-electron chi connectivity index (χ4n) is 4.05. The molecule has 1 fully saturated rings. The van der Waals surface area contributed by atoms with E-state index in [2.05, 4.69) is 22.7 Å². The Morgan fingerprint density at radius 2 is 1.62 bits per heavy atom. The van der Waals surface area contributed by atoms with E-state index < -0.39 is 11.5 Å². The molecule has 0 saturated heterocycles. The number of hydrogen-bond donors (Lipinski definition) is 2. The molecule has 3 atom stereocenters. The zero-order chi connectivity index (χ0) is 18.0.